The van der Waals surface area contributed by atoms with Gasteiger partial charge in [-0.1, -0.05) is 0 Å². The molecule has 20 heavy (non-hydrogen) atoms. The smallest absolute Gasteiger partial charge is 0.410 e. The maximum absolute atomic E-state index is 12.1. The fourth-order valence-electron chi connectivity index (χ4n) is 2.30. The van der Waals surface area contributed by atoms with Gasteiger partial charge in [0, 0.05) is 25.2 Å². The topological polar surface area (TPSA) is 81.3 Å². The van der Waals surface area contributed by atoms with E-state index in [1.165, 1.54) is 6.20 Å². The number of anilines is 1. The summed E-state index contributed by atoms with van der Waals surface area (Å²) in [5, 5.41) is 0. The van der Waals surface area contributed by atoms with E-state index in [-0.39, 0.29) is 12.0 Å². The molecule has 2 N–H and O–H groups in total. The molecule has 0 bridgehead atoms. The van der Waals surface area contributed by atoms with Crippen LogP contribution in [0.15, 0.2) is 12.4 Å². The molecule has 1 aromatic heterocycles. The summed E-state index contributed by atoms with van der Waals surface area (Å²) >= 11 is 0. The lowest BCUT2D eigenvalue weighted by Crippen LogP contribution is -2.42. The van der Waals surface area contributed by atoms with E-state index in [1.807, 2.05) is 20.8 Å². The number of amides is 1. The van der Waals surface area contributed by atoms with Crippen molar-refractivity contribution in [1.82, 2.24) is 14.9 Å². The van der Waals surface area contributed by atoms with Gasteiger partial charge in [0.2, 0.25) is 0 Å². The zero-order chi connectivity index (χ0) is 14.8. The molecule has 0 aliphatic carbocycles. The number of nitrogens with two attached hydrogens (primary N) is 1. The lowest BCUT2D eigenvalue weighted by atomic mass is 9.95. The van der Waals surface area contributed by atoms with Gasteiger partial charge in [0.1, 0.15) is 11.4 Å². The quantitative estimate of drug-likeness (QED) is 0.851. The number of aromatic nitrogens is 2. The molecule has 0 spiro atoms. The van der Waals surface area contributed by atoms with E-state index < -0.39 is 5.60 Å². The second-order valence-electron chi connectivity index (χ2n) is 6.13. The zero-order valence-corrected chi connectivity index (χ0v) is 12.3. The summed E-state index contributed by atoms with van der Waals surface area (Å²) in [6.07, 6.45) is 4.90. The summed E-state index contributed by atoms with van der Waals surface area (Å²) in [5.41, 5.74) is 6.04. The second-order valence-corrected chi connectivity index (χ2v) is 6.13. The summed E-state index contributed by atoms with van der Waals surface area (Å²) in [6.45, 7) is 6.94. The van der Waals surface area contributed by atoms with Crippen LogP contribution in [-0.2, 0) is 4.74 Å². The lowest BCUT2D eigenvalue weighted by Gasteiger charge is -2.33. The van der Waals surface area contributed by atoms with Crippen LogP contribution >= 0.6 is 0 Å². The van der Waals surface area contributed by atoms with Gasteiger partial charge >= 0.3 is 6.09 Å². The van der Waals surface area contributed by atoms with Crippen molar-refractivity contribution in [1.29, 1.82) is 0 Å². The van der Waals surface area contributed by atoms with Crippen molar-refractivity contribution < 1.29 is 9.53 Å². The first-order valence-corrected chi connectivity index (χ1v) is 6.90. The first kappa shape index (κ1) is 14.6. The van der Waals surface area contributed by atoms with Gasteiger partial charge in [-0.2, -0.15) is 0 Å². The number of rotatable bonds is 1. The number of hydrogen-bond donors (Lipinski definition) is 1. The third-order valence-corrected chi connectivity index (χ3v) is 3.16. The lowest BCUT2D eigenvalue weighted by molar-refractivity contribution is 0.0197. The van der Waals surface area contributed by atoms with Crippen molar-refractivity contribution in [3.8, 4) is 0 Å². The Balaban J connectivity index is 2.03. The van der Waals surface area contributed by atoms with Gasteiger partial charge in [-0.25, -0.2) is 9.78 Å². The molecule has 1 fully saturated rings. The van der Waals surface area contributed by atoms with Gasteiger partial charge in [-0.05, 0) is 33.6 Å². The van der Waals surface area contributed by atoms with Crippen molar-refractivity contribution in [2.24, 2.45) is 0 Å². The van der Waals surface area contributed by atoms with Crippen LogP contribution < -0.4 is 5.73 Å². The molecule has 1 aliphatic rings. The minimum Gasteiger partial charge on any atom is -0.444 e. The molecule has 110 valence electrons. The monoisotopic (exact) mass is 278 g/mol. The maximum atomic E-state index is 12.1. The maximum Gasteiger partial charge on any atom is 0.410 e. The van der Waals surface area contributed by atoms with E-state index in [2.05, 4.69) is 9.97 Å². The fraction of sp³-hybridized carbons (Fsp3) is 0.643. The molecule has 1 aliphatic heterocycles. The number of piperidine rings is 1. The van der Waals surface area contributed by atoms with E-state index in [0.717, 1.165) is 25.1 Å². The number of ether oxygens (including phenoxy) is 1. The largest absolute Gasteiger partial charge is 0.444 e. The van der Waals surface area contributed by atoms with Crippen molar-refractivity contribution >= 4 is 11.9 Å². The van der Waals surface area contributed by atoms with Gasteiger partial charge < -0.3 is 15.4 Å². The Hall–Kier alpha value is -1.85. The van der Waals surface area contributed by atoms with E-state index in [1.54, 1.807) is 11.1 Å². The molecule has 0 radical (unpaired) electrons. The second kappa shape index (κ2) is 5.64. The Kier molecular flexibility index (Phi) is 4.11. The summed E-state index contributed by atoms with van der Waals surface area (Å²) < 4.78 is 5.41. The molecular formula is C14H22N4O2. The Morgan fingerprint density at radius 1 is 1.45 bits per heavy atom. The molecule has 2 heterocycles. The molecule has 0 saturated carbocycles. The number of carbonyl (C=O) groups is 1. The summed E-state index contributed by atoms with van der Waals surface area (Å²) in [4.78, 5) is 22.2. The van der Waals surface area contributed by atoms with Crippen molar-refractivity contribution in [2.75, 3.05) is 18.8 Å². The van der Waals surface area contributed by atoms with E-state index in [4.69, 9.17) is 10.5 Å². The average molecular weight is 278 g/mol. The third-order valence-electron chi connectivity index (χ3n) is 3.16. The van der Waals surface area contributed by atoms with Crippen LogP contribution in [0.25, 0.3) is 0 Å². The average Bonchev–Trinajstić information content (AvgIpc) is 2.37. The molecule has 0 aromatic carbocycles. The number of nitrogens with zero attached hydrogens (tertiary/aromatic N) is 3. The van der Waals surface area contributed by atoms with Crippen LogP contribution in [0.1, 0.15) is 45.2 Å². The summed E-state index contributed by atoms with van der Waals surface area (Å²) in [6, 6.07) is 0. The molecule has 1 atom stereocenters. The highest BCUT2D eigenvalue weighted by atomic mass is 16.6. The Bertz CT molecular complexity index is 484. The SMILES string of the molecule is CC(C)(C)OC(=O)N1CCCC(c2cncc(N)n2)C1. The first-order valence-electron chi connectivity index (χ1n) is 6.90. The molecule has 1 unspecified atom stereocenters. The van der Waals surface area contributed by atoms with E-state index in [0.29, 0.717) is 12.4 Å². The first-order chi connectivity index (χ1) is 9.35. The number of nitrogen functional groups attached to an aromatic ring is 1. The highest BCUT2D eigenvalue weighted by Crippen LogP contribution is 2.26. The van der Waals surface area contributed by atoms with Crippen LogP contribution in [-0.4, -0.2) is 39.7 Å². The Labute approximate surface area is 119 Å². The number of likely N-dealkylation sites (tertiary alicyclic amines) is 1. The minimum absolute atomic E-state index is 0.173. The van der Waals surface area contributed by atoms with E-state index >= 15 is 0 Å². The van der Waals surface area contributed by atoms with Crippen LogP contribution in [0.4, 0.5) is 10.6 Å². The Morgan fingerprint density at radius 2 is 2.20 bits per heavy atom. The third kappa shape index (κ3) is 3.82. The standard InChI is InChI=1S/C14H22N4O2/c1-14(2,3)20-13(19)18-6-4-5-10(9-18)11-7-16-8-12(15)17-11/h7-8,10H,4-6,9H2,1-3H3,(H2,15,17). The van der Waals surface area contributed by atoms with Crippen LogP contribution in [0, 0.1) is 0 Å². The molecule has 1 saturated heterocycles. The van der Waals surface area contributed by atoms with Gasteiger partial charge in [0.25, 0.3) is 0 Å². The predicted octanol–water partition coefficient (Wildman–Crippen LogP) is 2.17. The fourth-order valence-corrected chi connectivity index (χ4v) is 2.30. The molecule has 6 heteroatoms. The molecule has 6 nitrogen and oxygen atoms in total. The van der Waals surface area contributed by atoms with Crippen LogP contribution in [0.5, 0.6) is 0 Å². The Morgan fingerprint density at radius 3 is 2.85 bits per heavy atom. The van der Waals surface area contributed by atoms with Gasteiger partial charge in [0.05, 0.1) is 11.9 Å². The molecule has 2 rings (SSSR count). The van der Waals surface area contributed by atoms with Crippen molar-refractivity contribution in [2.45, 2.75) is 45.1 Å². The van der Waals surface area contributed by atoms with Gasteiger partial charge in [-0.15, -0.1) is 0 Å². The highest BCUT2D eigenvalue weighted by molar-refractivity contribution is 5.68. The van der Waals surface area contributed by atoms with Crippen LogP contribution in [0.3, 0.4) is 0 Å². The normalized spacial score (nSPS) is 19.8. The van der Waals surface area contributed by atoms with Gasteiger partial charge in [0.15, 0.2) is 0 Å². The molecule has 1 amide bonds. The number of carbonyl (C=O) groups excluding carboxylic acids is 1. The summed E-state index contributed by atoms with van der Waals surface area (Å²) in [7, 11) is 0. The molecule has 1 aromatic rings. The predicted molar refractivity (Wildman–Crippen MR) is 76.2 cm³/mol. The highest BCUT2D eigenvalue weighted by Gasteiger charge is 2.29. The number of hydrogen-bond acceptors (Lipinski definition) is 5. The van der Waals surface area contributed by atoms with Crippen LogP contribution in [0.2, 0.25) is 0 Å². The van der Waals surface area contributed by atoms with Crippen molar-refractivity contribution in [3.63, 3.8) is 0 Å². The van der Waals surface area contributed by atoms with E-state index in [9.17, 15) is 4.79 Å². The summed E-state index contributed by atoms with van der Waals surface area (Å²) in [5.74, 6) is 0.587. The molecular weight excluding hydrogens is 256 g/mol. The van der Waals surface area contributed by atoms with Crippen molar-refractivity contribution in [3.05, 3.63) is 18.1 Å². The van der Waals surface area contributed by atoms with Gasteiger partial charge in [-0.3, -0.25) is 4.98 Å². The zero-order valence-electron chi connectivity index (χ0n) is 12.3. The minimum atomic E-state index is -0.471.